The van der Waals surface area contributed by atoms with Gasteiger partial charge >= 0.3 is 0 Å². The molecule has 0 saturated heterocycles. The van der Waals surface area contributed by atoms with Crippen LogP contribution in [-0.2, 0) is 14.6 Å². The molecular weight excluding hydrogens is 250 g/mol. The van der Waals surface area contributed by atoms with Crippen molar-refractivity contribution in [1.82, 2.24) is 5.32 Å². The predicted octanol–water partition coefficient (Wildman–Crippen LogP) is 1.99. The minimum absolute atomic E-state index is 0.250. The number of hydrogen-bond acceptors (Lipinski definition) is 4. The van der Waals surface area contributed by atoms with Crippen LogP contribution in [0.25, 0.3) is 0 Å². The molecule has 18 heavy (non-hydrogen) atoms. The van der Waals surface area contributed by atoms with E-state index in [-0.39, 0.29) is 11.9 Å². The second-order valence-electron chi connectivity index (χ2n) is 4.76. The number of nitrogens with one attached hydrogen (secondary N) is 1. The molecule has 0 rings (SSSR count). The van der Waals surface area contributed by atoms with Gasteiger partial charge in [0.2, 0.25) is 0 Å². The Balaban J connectivity index is 3.96. The highest BCUT2D eigenvalue weighted by Crippen LogP contribution is 2.10. The first-order valence-corrected chi connectivity index (χ1v) is 8.73. The fourth-order valence-electron chi connectivity index (χ4n) is 1.88. The van der Waals surface area contributed by atoms with Crippen LogP contribution in [0, 0.1) is 0 Å². The molecule has 0 aromatic heterocycles. The minimum Gasteiger partial charge on any atom is -0.382 e. The number of rotatable bonds is 11. The summed E-state index contributed by atoms with van der Waals surface area (Å²) >= 11 is 0. The van der Waals surface area contributed by atoms with E-state index in [0.29, 0.717) is 11.8 Å². The lowest BCUT2D eigenvalue weighted by atomic mass is 10.0. The largest absolute Gasteiger partial charge is 0.382 e. The van der Waals surface area contributed by atoms with Gasteiger partial charge < -0.3 is 10.1 Å². The zero-order valence-electron chi connectivity index (χ0n) is 12.2. The van der Waals surface area contributed by atoms with E-state index in [1.807, 2.05) is 0 Å². The molecule has 0 aliphatic carbocycles. The van der Waals surface area contributed by atoms with Crippen LogP contribution in [0.1, 0.15) is 46.5 Å². The van der Waals surface area contributed by atoms with Gasteiger partial charge in [-0.1, -0.05) is 13.8 Å². The van der Waals surface area contributed by atoms with Gasteiger partial charge in [-0.15, -0.1) is 0 Å². The molecule has 5 heteroatoms. The van der Waals surface area contributed by atoms with E-state index in [1.54, 1.807) is 14.0 Å². The van der Waals surface area contributed by atoms with Gasteiger partial charge in [-0.25, -0.2) is 8.42 Å². The summed E-state index contributed by atoms with van der Waals surface area (Å²) in [5.74, 6) is 0.560. The highest BCUT2D eigenvalue weighted by Gasteiger charge is 2.12. The average Bonchev–Trinajstić information content (AvgIpc) is 2.35. The van der Waals surface area contributed by atoms with E-state index in [1.165, 1.54) is 0 Å². The van der Waals surface area contributed by atoms with Crippen LogP contribution in [0.2, 0.25) is 0 Å². The summed E-state index contributed by atoms with van der Waals surface area (Å²) in [6.45, 7) is 6.77. The van der Waals surface area contributed by atoms with Crippen LogP contribution in [0.5, 0.6) is 0 Å². The standard InChI is InChI=1S/C13H29NO3S/c1-5-14-13(10-9-12(3)17-4)8-7-11-18(15,16)6-2/h12-14H,5-11H2,1-4H3. The highest BCUT2D eigenvalue weighted by molar-refractivity contribution is 7.91. The van der Waals surface area contributed by atoms with E-state index >= 15 is 0 Å². The molecular formula is C13H29NO3S. The van der Waals surface area contributed by atoms with Crippen molar-refractivity contribution in [2.75, 3.05) is 25.2 Å². The molecule has 0 aromatic carbocycles. The Morgan fingerprint density at radius 1 is 1.17 bits per heavy atom. The van der Waals surface area contributed by atoms with E-state index in [4.69, 9.17) is 4.74 Å². The molecule has 0 aliphatic heterocycles. The first-order valence-electron chi connectivity index (χ1n) is 6.91. The normalized spacial score (nSPS) is 15.6. The molecule has 1 N–H and O–H groups in total. The molecule has 0 fully saturated rings. The van der Waals surface area contributed by atoms with E-state index in [9.17, 15) is 8.42 Å². The number of methoxy groups -OCH3 is 1. The zero-order chi connectivity index (χ0) is 14.0. The second kappa shape index (κ2) is 9.75. The molecule has 0 bridgehead atoms. The fourth-order valence-corrected chi connectivity index (χ4v) is 2.78. The Bertz CT molecular complexity index is 291. The summed E-state index contributed by atoms with van der Waals surface area (Å²) in [7, 11) is -1.10. The maximum absolute atomic E-state index is 11.4. The van der Waals surface area contributed by atoms with Crippen molar-refractivity contribution in [3.8, 4) is 0 Å². The molecule has 0 radical (unpaired) electrons. The van der Waals surface area contributed by atoms with Crippen LogP contribution in [0.3, 0.4) is 0 Å². The van der Waals surface area contributed by atoms with Crippen molar-refractivity contribution in [2.24, 2.45) is 0 Å². The smallest absolute Gasteiger partial charge is 0.150 e. The lowest BCUT2D eigenvalue weighted by molar-refractivity contribution is 0.105. The second-order valence-corrected chi connectivity index (χ2v) is 7.23. The molecule has 0 aromatic rings. The summed E-state index contributed by atoms with van der Waals surface area (Å²) in [4.78, 5) is 0. The third-order valence-corrected chi connectivity index (χ3v) is 5.05. The van der Waals surface area contributed by atoms with Crippen LogP contribution in [0.15, 0.2) is 0 Å². The first kappa shape index (κ1) is 17.9. The lowest BCUT2D eigenvalue weighted by Gasteiger charge is -2.19. The molecule has 2 unspecified atom stereocenters. The van der Waals surface area contributed by atoms with Crippen LogP contribution in [-0.4, -0.2) is 45.7 Å². The van der Waals surface area contributed by atoms with Crippen molar-refractivity contribution >= 4 is 9.84 Å². The Morgan fingerprint density at radius 3 is 2.33 bits per heavy atom. The summed E-state index contributed by atoms with van der Waals surface area (Å²) in [6.07, 6.45) is 3.98. The predicted molar refractivity (Wildman–Crippen MR) is 76.7 cm³/mol. The SMILES string of the molecule is CCNC(CCCS(=O)(=O)CC)CCC(C)OC. The van der Waals surface area contributed by atoms with E-state index in [0.717, 1.165) is 32.2 Å². The number of sulfone groups is 1. The zero-order valence-corrected chi connectivity index (χ0v) is 13.1. The lowest BCUT2D eigenvalue weighted by Crippen LogP contribution is -2.30. The minimum atomic E-state index is -2.82. The highest BCUT2D eigenvalue weighted by atomic mass is 32.2. The maximum atomic E-state index is 11.4. The van der Waals surface area contributed by atoms with E-state index < -0.39 is 9.84 Å². The van der Waals surface area contributed by atoms with Crippen molar-refractivity contribution in [2.45, 2.75) is 58.6 Å². The monoisotopic (exact) mass is 279 g/mol. The van der Waals surface area contributed by atoms with Gasteiger partial charge in [-0.3, -0.25) is 0 Å². The quantitative estimate of drug-likeness (QED) is 0.628. The fraction of sp³-hybridized carbons (Fsp3) is 1.00. The van der Waals surface area contributed by atoms with Gasteiger partial charge in [-0.05, 0) is 39.2 Å². The summed E-state index contributed by atoms with van der Waals surface area (Å²) in [6, 6.07) is 0.402. The maximum Gasteiger partial charge on any atom is 0.150 e. The number of ether oxygens (including phenoxy) is 1. The summed E-state index contributed by atoms with van der Waals surface area (Å²) in [5.41, 5.74) is 0. The van der Waals surface area contributed by atoms with Gasteiger partial charge in [0, 0.05) is 18.9 Å². The van der Waals surface area contributed by atoms with Gasteiger partial charge in [0.15, 0.2) is 0 Å². The third kappa shape index (κ3) is 8.89. The average molecular weight is 279 g/mol. The van der Waals surface area contributed by atoms with Crippen LogP contribution >= 0.6 is 0 Å². The van der Waals surface area contributed by atoms with Gasteiger partial charge in [0.25, 0.3) is 0 Å². The van der Waals surface area contributed by atoms with E-state index in [2.05, 4.69) is 19.2 Å². The van der Waals surface area contributed by atoms with Crippen molar-refractivity contribution in [3.63, 3.8) is 0 Å². The van der Waals surface area contributed by atoms with Crippen molar-refractivity contribution in [1.29, 1.82) is 0 Å². The molecule has 0 spiro atoms. The van der Waals surface area contributed by atoms with Gasteiger partial charge in [0.1, 0.15) is 9.84 Å². The van der Waals surface area contributed by atoms with Crippen molar-refractivity contribution < 1.29 is 13.2 Å². The molecule has 0 saturated carbocycles. The van der Waals surface area contributed by atoms with Crippen LogP contribution < -0.4 is 5.32 Å². The topological polar surface area (TPSA) is 55.4 Å². The molecule has 110 valence electrons. The van der Waals surface area contributed by atoms with Gasteiger partial charge in [0.05, 0.1) is 11.9 Å². The summed E-state index contributed by atoms with van der Waals surface area (Å²) < 4.78 is 28.1. The Hall–Kier alpha value is -0.130. The van der Waals surface area contributed by atoms with Gasteiger partial charge in [-0.2, -0.15) is 0 Å². The van der Waals surface area contributed by atoms with Crippen LogP contribution in [0.4, 0.5) is 0 Å². The first-order chi connectivity index (χ1) is 8.45. The molecule has 2 atom stereocenters. The third-order valence-electron chi connectivity index (χ3n) is 3.26. The number of hydrogen-bond donors (Lipinski definition) is 1. The molecule has 0 aliphatic rings. The molecule has 4 nitrogen and oxygen atoms in total. The Kier molecular flexibility index (Phi) is 9.68. The Labute approximate surface area is 112 Å². The Morgan fingerprint density at radius 2 is 1.83 bits per heavy atom. The summed E-state index contributed by atoms with van der Waals surface area (Å²) in [5, 5.41) is 3.42. The molecule has 0 amide bonds. The van der Waals surface area contributed by atoms with Crippen molar-refractivity contribution in [3.05, 3.63) is 0 Å². The molecule has 0 heterocycles.